The molecule has 43 heavy (non-hydrogen) atoms. The molecule has 3 rings (SSSR count). The fraction of sp³-hybridized carbons (Fsp3) is 0.529. The molecule has 0 bridgehead atoms. The lowest BCUT2D eigenvalue weighted by molar-refractivity contribution is -0.133. The summed E-state index contributed by atoms with van der Waals surface area (Å²) >= 11 is 0. The topological polar surface area (TPSA) is 112 Å². The van der Waals surface area contributed by atoms with E-state index in [1.165, 1.54) is 10.5 Å². The lowest BCUT2D eigenvalue weighted by atomic mass is 9.73. The normalized spacial score (nSPS) is 15.1. The zero-order valence-electron chi connectivity index (χ0n) is 26.1. The van der Waals surface area contributed by atoms with Crippen LogP contribution in [0.2, 0.25) is 0 Å². The molecule has 1 aliphatic rings. The Hall–Kier alpha value is -3.90. The maximum absolute atomic E-state index is 12.5. The van der Waals surface area contributed by atoms with Crippen molar-refractivity contribution in [2.24, 2.45) is 0 Å². The van der Waals surface area contributed by atoms with E-state index >= 15 is 0 Å². The second-order valence-corrected chi connectivity index (χ2v) is 11.3. The Balaban J connectivity index is 1.54. The van der Waals surface area contributed by atoms with Crippen LogP contribution in [0.1, 0.15) is 67.2 Å². The van der Waals surface area contributed by atoms with E-state index in [0.29, 0.717) is 30.9 Å². The van der Waals surface area contributed by atoms with Gasteiger partial charge in [0.15, 0.2) is 11.5 Å². The maximum Gasteiger partial charge on any atom is 0.242 e. The average Bonchev–Trinajstić information content (AvgIpc) is 3.04. The SMILES string of the molecule is CNC(=O)C(CCC=O)N(C=O)Cc1c(C)cccc1CCCCCN1CCC(C#N)(c2cccc(OC)c2OC)CC1. The van der Waals surface area contributed by atoms with E-state index in [4.69, 9.17) is 9.47 Å². The second kappa shape index (κ2) is 16.7. The molecule has 2 aromatic carbocycles. The predicted octanol–water partition coefficient (Wildman–Crippen LogP) is 4.33. The maximum atomic E-state index is 12.5. The number of carbonyl (C=O) groups is 3. The van der Waals surface area contributed by atoms with Crippen molar-refractivity contribution in [3.63, 3.8) is 0 Å². The number of methoxy groups -OCH3 is 2. The summed E-state index contributed by atoms with van der Waals surface area (Å²) in [6.07, 6.45) is 7.52. The average molecular weight is 591 g/mol. The quantitative estimate of drug-likeness (QED) is 0.216. The number of likely N-dealkylation sites (N-methyl/N-ethyl adjacent to an activating group) is 1. The molecule has 1 atom stereocenters. The Morgan fingerprint density at radius 1 is 1.12 bits per heavy atom. The van der Waals surface area contributed by atoms with Crippen LogP contribution in [0.15, 0.2) is 36.4 Å². The first-order valence-electron chi connectivity index (χ1n) is 15.2. The molecule has 1 heterocycles. The van der Waals surface area contributed by atoms with Crippen molar-refractivity contribution in [2.75, 3.05) is 40.9 Å². The van der Waals surface area contributed by atoms with Crippen LogP contribution in [0.3, 0.4) is 0 Å². The Morgan fingerprint density at radius 3 is 2.49 bits per heavy atom. The van der Waals surface area contributed by atoms with Crippen LogP contribution in [0.5, 0.6) is 11.5 Å². The van der Waals surface area contributed by atoms with Gasteiger partial charge in [0.2, 0.25) is 12.3 Å². The van der Waals surface area contributed by atoms with Crippen LogP contribution in [0, 0.1) is 18.3 Å². The van der Waals surface area contributed by atoms with E-state index in [-0.39, 0.29) is 12.3 Å². The number of para-hydroxylation sites is 1. The number of carbonyl (C=O) groups excluding carboxylic acids is 3. The minimum atomic E-state index is -0.686. The lowest BCUT2D eigenvalue weighted by Gasteiger charge is -2.38. The fourth-order valence-corrected chi connectivity index (χ4v) is 6.16. The number of nitrogens with zero attached hydrogens (tertiary/aromatic N) is 3. The first kappa shape index (κ1) is 33.6. The number of aldehydes is 1. The number of hydrogen-bond acceptors (Lipinski definition) is 7. The number of hydrogen-bond donors (Lipinski definition) is 1. The summed E-state index contributed by atoms with van der Waals surface area (Å²) < 4.78 is 11.1. The van der Waals surface area contributed by atoms with Crippen LogP contribution in [0.4, 0.5) is 0 Å². The minimum Gasteiger partial charge on any atom is -0.493 e. The third-order valence-corrected chi connectivity index (χ3v) is 8.75. The molecule has 232 valence electrons. The molecule has 1 aliphatic heterocycles. The van der Waals surface area contributed by atoms with E-state index in [9.17, 15) is 19.6 Å². The molecule has 0 aromatic heterocycles. The summed E-state index contributed by atoms with van der Waals surface area (Å²) in [7, 11) is 4.78. The molecule has 0 aliphatic carbocycles. The fourth-order valence-electron chi connectivity index (χ4n) is 6.16. The number of ether oxygens (including phenoxy) is 2. The van der Waals surface area contributed by atoms with Gasteiger partial charge in [0, 0.05) is 25.6 Å². The highest BCUT2D eigenvalue weighted by molar-refractivity contribution is 5.83. The summed E-state index contributed by atoms with van der Waals surface area (Å²) in [6, 6.07) is 13.9. The number of unbranched alkanes of at least 4 members (excludes halogenated alkanes) is 2. The molecule has 9 nitrogen and oxygen atoms in total. The van der Waals surface area contributed by atoms with Crippen LogP contribution in [0.25, 0.3) is 0 Å². The lowest BCUT2D eigenvalue weighted by Crippen LogP contribution is -2.45. The number of rotatable bonds is 17. The van der Waals surface area contributed by atoms with Crippen molar-refractivity contribution in [1.82, 2.24) is 15.1 Å². The van der Waals surface area contributed by atoms with Gasteiger partial charge in [-0.1, -0.05) is 36.8 Å². The summed E-state index contributed by atoms with van der Waals surface area (Å²) in [5.74, 6) is 1.03. The number of nitrogens with one attached hydrogen (secondary N) is 1. The molecule has 2 amide bonds. The predicted molar refractivity (Wildman–Crippen MR) is 166 cm³/mol. The number of aryl methyl sites for hydroxylation is 2. The highest BCUT2D eigenvalue weighted by Gasteiger charge is 2.39. The molecular weight excluding hydrogens is 544 g/mol. The van der Waals surface area contributed by atoms with Gasteiger partial charge in [-0.05, 0) is 87.8 Å². The summed E-state index contributed by atoms with van der Waals surface area (Å²) in [4.78, 5) is 39.4. The van der Waals surface area contributed by atoms with E-state index in [2.05, 4.69) is 22.4 Å². The third kappa shape index (κ3) is 8.35. The standard InChI is InChI=1S/C34H46N4O5/c1-26-11-8-13-27(28(26)23-38(25-40)30(15-10-22-39)33(41)36-2)12-6-5-7-19-37-20-17-34(24-35,18-21-37)29-14-9-16-31(42-3)32(29)43-4/h8-9,11,13-14,16,22,25,30H,5-7,10,12,15,17-21,23H2,1-4H3,(H,36,41). The summed E-state index contributed by atoms with van der Waals surface area (Å²) in [5, 5.41) is 12.8. The van der Waals surface area contributed by atoms with Gasteiger partial charge in [-0.15, -0.1) is 0 Å². The Bertz CT molecular complexity index is 1270. The third-order valence-electron chi connectivity index (χ3n) is 8.75. The van der Waals surface area contributed by atoms with Gasteiger partial charge in [0.1, 0.15) is 12.3 Å². The van der Waals surface area contributed by atoms with Crippen LogP contribution in [-0.2, 0) is 32.8 Å². The van der Waals surface area contributed by atoms with Gasteiger partial charge in [0.25, 0.3) is 0 Å². The molecule has 1 saturated heterocycles. The molecule has 0 spiro atoms. The smallest absolute Gasteiger partial charge is 0.242 e. The van der Waals surface area contributed by atoms with Crippen LogP contribution in [-0.4, -0.2) is 75.3 Å². The molecule has 0 saturated carbocycles. The van der Waals surface area contributed by atoms with Gasteiger partial charge in [-0.3, -0.25) is 9.59 Å². The zero-order chi connectivity index (χ0) is 31.2. The largest absolute Gasteiger partial charge is 0.493 e. The molecule has 1 N–H and O–H groups in total. The van der Waals surface area contributed by atoms with Gasteiger partial charge in [-0.25, -0.2) is 0 Å². The number of benzene rings is 2. The van der Waals surface area contributed by atoms with Crippen molar-refractivity contribution < 1.29 is 23.9 Å². The Morgan fingerprint density at radius 2 is 1.86 bits per heavy atom. The van der Waals surface area contributed by atoms with Crippen LogP contribution >= 0.6 is 0 Å². The molecule has 9 heteroatoms. The van der Waals surface area contributed by atoms with Crippen molar-refractivity contribution in [2.45, 2.75) is 76.3 Å². The monoisotopic (exact) mass is 590 g/mol. The van der Waals surface area contributed by atoms with Crippen molar-refractivity contribution >= 4 is 18.6 Å². The number of piperidine rings is 1. The van der Waals surface area contributed by atoms with Gasteiger partial charge < -0.3 is 29.4 Å². The Labute approximate surface area is 256 Å². The molecule has 1 fully saturated rings. The second-order valence-electron chi connectivity index (χ2n) is 11.3. The van der Waals surface area contributed by atoms with Gasteiger partial charge >= 0.3 is 0 Å². The van der Waals surface area contributed by atoms with Crippen molar-refractivity contribution in [3.8, 4) is 17.6 Å². The number of nitriles is 1. The van der Waals surface area contributed by atoms with Gasteiger partial charge in [0.05, 0.1) is 25.7 Å². The molecule has 0 radical (unpaired) electrons. The van der Waals surface area contributed by atoms with Crippen molar-refractivity contribution in [1.29, 1.82) is 5.26 Å². The highest BCUT2D eigenvalue weighted by atomic mass is 16.5. The van der Waals surface area contributed by atoms with E-state index in [0.717, 1.165) is 81.1 Å². The van der Waals surface area contributed by atoms with Crippen molar-refractivity contribution in [3.05, 3.63) is 58.7 Å². The first-order valence-corrected chi connectivity index (χ1v) is 15.2. The number of amides is 2. The van der Waals surface area contributed by atoms with E-state index in [1.54, 1.807) is 21.3 Å². The first-order chi connectivity index (χ1) is 20.9. The van der Waals surface area contributed by atoms with E-state index < -0.39 is 11.5 Å². The minimum absolute atomic E-state index is 0.215. The van der Waals surface area contributed by atoms with Gasteiger partial charge in [-0.2, -0.15) is 5.26 Å². The highest BCUT2D eigenvalue weighted by Crippen LogP contribution is 2.43. The summed E-state index contributed by atoms with van der Waals surface area (Å²) in [6.45, 7) is 5.05. The molecule has 2 aromatic rings. The zero-order valence-corrected chi connectivity index (χ0v) is 26.1. The summed E-state index contributed by atoms with van der Waals surface area (Å²) in [5.41, 5.74) is 3.65. The molecule has 1 unspecified atom stereocenters. The number of likely N-dealkylation sites (tertiary alicyclic amines) is 1. The van der Waals surface area contributed by atoms with E-state index in [1.807, 2.05) is 37.3 Å². The van der Waals surface area contributed by atoms with Crippen LogP contribution < -0.4 is 14.8 Å². The molecular formula is C34H46N4O5. The Kier molecular flexibility index (Phi) is 13.0.